The normalized spacial score (nSPS) is 18.1. The van der Waals surface area contributed by atoms with Crippen LogP contribution < -0.4 is 20.9 Å². The van der Waals surface area contributed by atoms with Gasteiger partial charge in [-0.15, -0.1) is 0 Å². The lowest BCUT2D eigenvalue weighted by Crippen LogP contribution is -2.45. The Morgan fingerprint density at radius 3 is 2.70 bits per heavy atom. The summed E-state index contributed by atoms with van der Waals surface area (Å²) in [6, 6.07) is 10.4. The lowest BCUT2D eigenvalue weighted by atomic mass is 10.1. The second-order valence-electron chi connectivity index (χ2n) is 7.77. The van der Waals surface area contributed by atoms with Crippen molar-refractivity contribution >= 4 is 31.5 Å². The van der Waals surface area contributed by atoms with E-state index in [1.807, 2.05) is 0 Å². The van der Waals surface area contributed by atoms with Crippen LogP contribution in [-0.2, 0) is 32.8 Å². The minimum atomic E-state index is -3.49. The van der Waals surface area contributed by atoms with Gasteiger partial charge < -0.3 is 5.32 Å². The van der Waals surface area contributed by atoms with E-state index in [1.54, 1.807) is 24.3 Å². The van der Waals surface area contributed by atoms with Crippen LogP contribution in [0.3, 0.4) is 0 Å². The molecule has 1 saturated heterocycles. The number of sulfone groups is 1. The fraction of sp³-hybridized carbons (Fsp3) is 0.381. The monoisotopic (exact) mass is 498 g/mol. The molecule has 2 aromatic carbocycles. The average molecular weight is 499 g/mol. The first-order valence-corrected chi connectivity index (χ1v) is 13.8. The van der Waals surface area contributed by atoms with Crippen molar-refractivity contribution in [3.63, 3.8) is 0 Å². The van der Waals surface area contributed by atoms with Gasteiger partial charge in [0.2, 0.25) is 10.0 Å². The first kappa shape index (κ1) is 25.2. The molecule has 0 spiro atoms. The summed E-state index contributed by atoms with van der Waals surface area (Å²) < 4.78 is 64.4. The summed E-state index contributed by atoms with van der Waals surface area (Å²) in [5, 5.41) is 3.38. The van der Waals surface area contributed by atoms with Crippen molar-refractivity contribution in [3.8, 4) is 0 Å². The van der Waals surface area contributed by atoms with Crippen LogP contribution in [0.5, 0.6) is 0 Å². The topological polar surface area (TPSA) is 139 Å². The van der Waals surface area contributed by atoms with Gasteiger partial charge in [0.25, 0.3) is 5.91 Å². The van der Waals surface area contributed by atoms with Gasteiger partial charge in [-0.05, 0) is 43.2 Å². The molecule has 1 heterocycles. The van der Waals surface area contributed by atoms with E-state index >= 15 is 0 Å². The maximum atomic E-state index is 14.4. The molecule has 1 amide bonds. The van der Waals surface area contributed by atoms with Crippen LogP contribution in [0.2, 0.25) is 0 Å². The fourth-order valence-electron chi connectivity index (χ4n) is 3.44. The van der Waals surface area contributed by atoms with Gasteiger partial charge in [-0.25, -0.2) is 36.8 Å². The molecule has 0 aromatic heterocycles. The van der Waals surface area contributed by atoms with Gasteiger partial charge in [0.15, 0.2) is 9.84 Å². The number of benzene rings is 2. The third kappa shape index (κ3) is 6.36. The minimum Gasteiger partial charge on any atom is -0.314 e. The molecule has 1 fully saturated rings. The number of carbonyl (C=O) groups is 1. The highest BCUT2D eigenvalue weighted by Gasteiger charge is 2.29. The molecule has 1 atom stereocenters. The molecule has 9 nitrogen and oxygen atoms in total. The number of anilines is 1. The number of nitrogens with zero attached hydrogens (tertiary/aromatic N) is 1. The Balaban J connectivity index is 1.73. The number of carbonyl (C=O) groups excluding carboxylic acids is 1. The zero-order valence-electron chi connectivity index (χ0n) is 18.1. The van der Waals surface area contributed by atoms with E-state index in [0.29, 0.717) is 24.3 Å². The molecule has 0 aliphatic carbocycles. The Morgan fingerprint density at radius 1 is 1.27 bits per heavy atom. The van der Waals surface area contributed by atoms with E-state index in [0.717, 1.165) is 11.1 Å². The van der Waals surface area contributed by atoms with Crippen LogP contribution in [0.25, 0.3) is 0 Å². The van der Waals surface area contributed by atoms with Crippen LogP contribution in [0, 0.1) is 5.82 Å². The number of nitrogens with two attached hydrogens (primary N) is 1. The van der Waals surface area contributed by atoms with Gasteiger partial charge in [-0.3, -0.25) is 4.79 Å². The van der Waals surface area contributed by atoms with Crippen LogP contribution in [0.15, 0.2) is 42.5 Å². The molecule has 33 heavy (non-hydrogen) atoms. The van der Waals surface area contributed by atoms with Gasteiger partial charge in [0, 0.05) is 30.8 Å². The molecule has 3 rings (SSSR count). The predicted octanol–water partition coefficient (Wildman–Crippen LogP) is 0.715. The van der Waals surface area contributed by atoms with Gasteiger partial charge in [0.1, 0.15) is 5.82 Å². The third-order valence-electron chi connectivity index (χ3n) is 5.48. The van der Waals surface area contributed by atoms with E-state index in [1.165, 1.54) is 19.1 Å². The van der Waals surface area contributed by atoms with E-state index < -0.39 is 36.8 Å². The number of rotatable bonds is 8. The molecule has 1 aliphatic heterocycles. The van der Waals surface area contributed by atoms with Crippen LogP contribution >= 0.6 is 0 Å². The Bertz CT molecular complexity index is 1230. The van der Waals surface area contributed by atoms with Crippen LogP contribution in [0.1, 0.15) is 28.4 Å². The first-order chi connectivity index (χ1) is 15.5. The number of sulfonamides is 1. The third-order valence-corrected chi connectivity index (χ3v) is 8.94. The van der Waals surface area contributed by atoms with Crippen LogP contribution in [-0.4, -0.2) is 52.6 Å². The second-order valence-corrected chi connectivity index (χ2v) is 12.3. The molecule has 0 radical (unpaired) electrons. The average Bonchev–Trinajstić information content (AvgIpc) is 2.79. The van der Waals surface area contributed by atoms with Crippen molar-refractivity contribution < 1.29 is 26.0 Å². The Labute approximate surface area is 193 Å². The van der Waals surface area contributed by atoms with E-state index in [-0.39, 0.29) is 35.6 Å². The minimum absolute atomic E-state index is 0.0124. The van der Waals surface area contributed by atoms with E-state index in [9.17, 15) is 26.0 Å². The van der Waals surface area contributed by atoms with Crippen molar-refractivity contribution in [2.24, 2.45) is 5.84 Å². The number of hydrogen-bond donors (Lipinski definition) is 3. The smallest absolute Gasteiger partial charge is 0.272 e. The molecule has 2 aromatic rings. The van der Waals surface area contributed by atoms with Gasteiger partial charge in [-0.1, -0.05) is 18.2 Å². The van der Waals surface area contributed by atoms with E-state index in [4.69, 9.17) is 5.84 Å². The fourth-order valence-corrected chi connectivity index (χ4v) is 5.60. The maximum absolute atomic E-state index is 14.4. The summed E-state index contributed by atoms with van der Waals surface area (Å²) in [6.45, 7) is 2.03. The first-order valence-electron chi connectivity index (χ1n) is 10.4. The molecular formula is C21H27FN4O5S2. The maximum Gasteiger partial charge on any atom is 0.272 e. The van der Waals surface area contributed by atoms with Crippen molar-refractivity contribution in [1.29, 1.82) is 0 Å². The summed E-state index contributed by atoms with van der Waals surface area (Å²) in [7, 11) is -6.68. The SMILES string of the molecule is CCS(=O)(=O)NCc1ccc(C(=O)N(N)c2cccc(CC3CNCCS3(=O)=O)c2)cc1F. The largest absolute Gasteiger partial charge is 0.314 e. The predicted molar refractivity (Wildman–Crippen MR) is 124 cm³/mol. The summed E-state index contributed by atoms with van der Waals surface area (Å²) in [5.74, 6) is 4.53. The quantitative estimate of drug-likeness (QED) is 0.277. The molecule has 180 valence electrons. The molecule has 0 bridgehead atoms. The highest BCUT2D eigenvalue weighted by Crippen LogP contribution is 2.20. The Morgan fingerprint density at radius 2 is 2.03 bits per heavy atom. The van der Waals surface area contributed by atoms with Crippen molar-refractivity contribution in [2.75, 3.05) is 29.6 Å². The number of hydrazine groups is 1. The van der Waals surface area contributed by atoms with Crippen LogP contribution in [0.4, 0.5) is 10.1 Å². The lowest BCUT2D eigenvalue weighted by molar-refractivity contribution is 0.0986. The summed E-state index contributed by atoms with van der Waals surface area (Å²) in [5.41, 5.74) is 1.12. The van der Waals surface area contributed by atoms with Crippen molar-refractivity contribution in [3.05, 3.63) is 65.0 Å². The van der Waals surface area contributed by atoms with Gasteiger partial charge >= 0.3 is 0 Å². The van der Waals surface area contributed by atoms with E-state index in [2.05, 4.69) is 10.0 Å². The highest BCUT2D eigenvalue weighted by atomic mass is 32.2. The number of hydrogen-bond acceptors (Lipinski definition) is 7. The summed E-state index contributed by atoms with van der Waals surface area (Å²) in [4.78, 5) is 12.8. The Hall–Kier alpha value is -2.38. The molecule has 4 N–H and O–H groups in total. The van der Waals surface area contributed by atoms with Crippen molar-refractivity contribution in [2.45, 2.75) is 25.1 Å². The van der Waals surface area contributed by atoms with Crippen molar-refractivity contribution in [1.82, 2.24) is 10.0 Å². The highest BCUT2D eigenvalue weighted by molar-refractivity contribution is 7.92. The second kappa shape index (κ2) is 10.3. The summed E-state index contributed by atoms with van der Waals surface area (Å²) >= 11 is 0. The molecular weight excluding hydrogens is 471 g/mol. The molecule has 1 aliphatic rings. The summed E-state index contributed by atoms with van der Waals surface area (Å²) in [6.07, 6.45) is 0.280. The van der Waals surface area contributed by atoms with Gasteiger partial charge in [-0.2, -0.15) is 0 Å². The molecule has 1 unspecified atom stereocenters. The number of nitrogens with one attached hydrogen (secondary N) is 2. The van der Waals surface area contributed by atoms with Gasteiger partial charge in [0.05, 0.1) is 22.4 Å². The zero-order valence-corrected chi connectivity index (χ0v) is 19.8. The number of amides is 1. The molecule has 0 saturated carbocycles. The molecule has 12 heteroatoms. The standard InChI is InChI=1S/C21H27FN4O5S2/c1-2-33(30,31)25-13-17-7-6-16(12-20(17)22)21(27)26(23)18-5-3-4-15(10-18)11-19-14-24-8-9-32(19,28)29/h3-7,10,12,19,24-25H,2,8-9,11,13-14,23H2,1H3. The lowest BCUT2D eigenvalue weighted by Gasteiger charge is -2.24. The zero-order chi connectivity index (χ0) is 24.2. The number of halogens is 1. The Kier molecular flexibility index (Phi) is 7.85.